The van der Waals surface area contributed by atoms with Crippen molar-refractivity contribution in [2.45, 2.75) is 0 Å². The minimum atomic E-state index is 0.631. The number of piperazine rings is 1. The molecule has 0 bridgehead atoms. The quantitative estimate of drug-likeness (QED) is 0.929. The van der Waals surface area contributed by atoms with Gasteiger partial charge in [-0.1, -0.05) is 0 Å². The molecule has 0 unspecified atom stereocenters. The second-order valence-corrected chi connectivity index (χ2v) is 5.01. The molecular formula is C15H19N3O3. The molecule has 2 heterocycles. The first kappa shape index (κ1) is 13.9. The molecule has 3 rings (SSSR count). The van der Waals surface area contributed by atoms with Crippen LogP contribution in [-0.2, 0) is 0 Å². The van der Waals surface area contributed by atoms with E-state index >= 15 is 0 Å². The number of fused-ring (bicyclic) bond motifs is 1. The fourth-order valence-corrected chi connectivity index (χ4v) is 2.54. The molecule has 0 saturated carbocycles. The number of aromatic nitrogens is 1. The first-order chi connectivity index (χ1) is 10.2. The molecule has 1 aliphatic heterocycles. The average molecular weight is 289 g/mol. The van der Waals surface area contributed by atoms with Crippen LogP contribution >= 0.6 is 0 Å². The molecule has 0 radical (unpaired) electrons. The van der Waals surface area contributed by atoms with E-state index in [2.05, 4.69) is 4.90 Å². The largest absolute Gasteiger partial charge is 0.493 e. The van der Waals surface area contributed by atoms with E-state index in [1.807, 2.05) is 24.3 Å². The Labute approximate surface area is 123 Å². The molecule has 2 aromatic rings. The zero-order valence-corrected chi connectivity index (χ0v) is 12.2. The van der Waals surface area contributed by atoms with Crippen molar-refractivity contribution in [3.8, 4) is 11.5 Å². The minimum Gasteiger partial charge on any atom is -0.493 e. The number of hydrogen-bond acceptors (Lipinski definition) is 6. The molecule has 6 heteroatoms. The highest BCUT2D eigenvalue weighted by Gasteiger charge is 2.17. The van der Waals surface area contributed by atoms with E-state index in [1.165, 1.54) is 5.06 Å². The highest BCUT2D eigenvalue weighted by molar-refractivity contribution is 5.84. The topological polar surface area (TPSA) is 58.1 Å². The number of ether oxygens (including phenoxy) is 2. The number of rotatable bonds is 3. The van der Waals surface area contributed by atoms with Crippen LogP contribution in [-0.4, -0.2) is 55.7 Å². The van der Waals surface area contributed by atoms with Gasteiger partial charge in [-0.3, -0.25) is 0 Å². The monoisotopic (exact) mass is 289 g/mol. The third kappa shape index (κ3) is 2.72. The Morgan fingerprint density at radius 3 is 2.33 bits per heavy atom. The SMILES string of the molecule is COc1cc2ccc(N3CCN(O)CC3)nc2cc1OC. The van der Waals surface area contributed by atoms with Gasteiger partial charge in [0.1, 0.15) is 5.82 Å². The molecule has 0 atom stereocenters. The number of methoxy groups -OCH3 is 2. The van der Waals surface area contributed by atoms with Crippen molar-refractivity contribution in [2.24, 2.45) is 0 Å². The van der Waals surface area contributed by atoms with Gasteiger partial charge in [-0.15, -0.1) is 0 Å². The molecule has 1 aromatic carbocycles. The Bertz CT molecular complexity index is 639. The molecule has 112 valence electrons. The Kier molecular flexibility index (Phi) is 3.81. The van der Waals surface area contributed by atoms with Gasteiger partial charge in [0, 0.05) is 37.6 Å². The van der Waals surface area contributed by atoms with Crippen LogP contribution in [0.4, 0.5) is 5.82 Å². The fraction of sp³-hybridized carbons (Fsp3) is 0.400. The summed E-state index contributed by atoms with van der Waals surface area (Å²) in [6, 6.07) is 7.85. The highest BCUT2D eigenvalue weighted by atomic mass is 16.5. The van der Waals surface area contributed by atoms with Crippen molar-refractivity contribution in [1.82, 2.24) is 10.0 Å². The van der Waals surface area contributed by atoms with Crippen LogP contribution in [0.25, 0.3) is 10.9 Å². The molecule has 1 aliphatic rings. The summed E-state index contributed by atoms with van der Waals surface area (Å²) >= 11 is 0. The molecule has 21 heavy (non-hydrogen) atoms. The van der Waals surface area contributed by atoms with Crippen LogP contribution < -0.4 is 14.4 Å². The van der Waals surface area contributed by atoms with Gasteiger partial charge in [-0.2, -0.15) is 5.06 Å². The third-order valence-electron chi connectivity index (χ3n) is 3.76. The summed E-state index contributed by atoms with van der Waals surface area (Å²) in [6.45, 7) is 2.79. The number of nitrogens with zero attached hydrogens (tertiary/aromatic N) is 3. The summed E-state index contributed by atoms with van der Waals surface area (Å²) in [4.78, 5) is 6.87. The van der Waals surface area contributed by atoms with Gasteiger partial charge in [0.2, 0.25) is 0 Å². The zero-order chi connectivity index (χ0) is 14.8. The lowest BCUT2D eigenvalue weighted by molar-refractivity contribution is -0.0936. The maximum absolute atomic E-state index is 9.43. The summed E-state index contributed by atoms with van der Waals surface area (Å²) in [5.74, 6) is 2.30. The smallest absolute Gasteiger partial charge is 0.162 e. The highest BCUT2D eigenvalue weighted by Crippen LogP contribution is 2.32. The number of anilines is 1. The van der Waals surface area contributed by atoms with E-state index in [9.17, 15) is 5.21 Å². The van der Waals surface area contributed by atoms with Gasteiger partial charge in [-0.25, -0.2) is 4.98 Å². The van der Waals surface area contributed by atoms with E-state index in [4.69, 9.17) is 14.5 Å². The number of hydrogen-bond donors (Lipinski definition) is 1. The summed E-state index contributed by atoms with van der Waals surface area (Å²) in [5, 5.41) is 11.8. The van der Waals surface area contributed by atoms with Gasteiger partial charge in [-0.05, 0) is 18.2 Å². The van der Waals surface area contributed by atoms with E-state index in [0.717, 1.165) is 29.8 Å². The zero-order valence-electron chi connectivity index (χ0n) is 12.2. The third-order valence-corrected chi connectivity index (χ3v) is 3.76. The van der Waals surface area contributed by atoms with Crippen LogP contribution in [0, 0.1) is 0 Å². The summed E-state index contributed by atoms with van der Waals surface area (Å²) in [6.07, 6.45) is 0. The van der Waals surface area contributed by atoms with Crippen LogP contribution in [0.5, 0.6) is 11.5 Å². The van der Waals surface area contributed by atoms with E-state index in [1.54, 1.807) is 14.2 Å². The van der Waals surface area contributed by atoms with Gasteiger partial charge in [0.15, 0.2) is 11.5 Å². The first-order valence-corrected chi connectivity index (χ1v) is 6.93. The summed E-state index contributed by atoms with van der Waals surface area (Å²) in [5.41, 5.74) is 0.872. The predicted molar refractivity (Wildman–Crippen MR) is 80.4 cm³/mol. The maximum Gasteiger partial charge on any atom is 0.162 e. The Morgan fingerprint density at radius 2 is 1.67 bits per heavy atom. The number of hydroxylamine groups is 2. The summed E-state index contributed by atoms with van der Waals surface area (Å²) < 4.78 is 10.6. The second kappa shape index (κ2) is 5.75. The first-order valence-electron chi connectivity index (χ1n) is 6.93. The van der Waals surface area contributed by atoms with Gasteiger partial charge >= 0.3 is 0 Å². The predicted octanol–water partition coefficient (Wildman–Crippen LogP) is 1.76. The molecule has 1 N–H and O–H groups in total. The van der Waals surface area contributed by atoms with Crippen molar-refractivity contribution in [3.63, 3.8) is 0 Å². The molecule has 1 fully saturated rings. The van der Waals surface area contributed by atoms with Crippen LogP contribution in [0.1, 0.15) is 0 Å². The lowest BCUT2D eigenvalue weighted by Crippen LogP contribution is -2.45. The molecule has 0 spiro atoms. The van der Waals surface area contributed by atoms with E-state index in [-0.39, 0.29) is 0 Å². The maximum atomic E-state index is 9.43. The minimum absolute atomic E-state index is 0.631. The molecule has 0 aliphatic carbocycles. The second-order valence-electron chi connectivity index (χ2n) is 5.01. The normalized spacial score (nSPS) is 16.2. The fourth-order valence-electron chi connectivity index (χ4n) is 2.54. The van der Waals surface area contributed by atoms with Gasteiger partial charge in [0.05, 0.1) is 19.7 Å². The lowest BCUT2D eigenvalue weighted by Gasteiger charge is -2.32. The standard InChI is InChI=1S/C15H19N3O3/c1-20-13-9-11-3-4-15(16-12(11)10-14(13)21-2)17-5-7-18(19)8-6-17/h3-4,9-10,19H,5-8H2,1-2H3. The van der Waals surface area contributed by atoms with Gasteiger partial charge < -0.3 is 19.6 Å². The van der Waals surface area contributed by atoms with Crippen LogP contribution in [0.15, 0.2) is 24.3 Å². The Hall–Kier alpha value is -2.05. The molecule has 0 amide bonds. The number of benzene rings is 1. The average Bonchev–Trinajstić information content (AvgIpc) is 2.53. The molecule has 1 aromatic heterocycles. The van der Waals surface area contributed by atoms with Crippen molar-refractivity contribution < 1.29 is 14.7 Å². The van der Waals surface area contributed by atoms with E-state index in [0.29, 0.717) is 24.6 Å². The van der Waals surface area contributed by atoms with Crippen LogP contribution in [0.2, 0.25) is 0 Å². The van der Waals surface area contributed by atoms with Crippen molar-refractivity contribution in [1.29, 1.82) is 0 Å². The number of pyridine rings is 1. The van der Waals surface area contributed by atoms with E-state index < -0.39 is 0 Å². The molecular weight excluding hydrogens is 270 g/mol. The van der Waals surface area contributed by atoms with Crippen molar-refractivity contribution in [2.75, 3.05) is 45.3 Å². The summed E-state index contributed by atoms with van der Waals surface area (Å²) in [7, 11) is 3.24. The Morgan fingerprint density at radius 1 is 1.00 bits per heavy atom. The lowest BCUT2D eigenvalue weighted by atomic mass is 10.2. The van der Waals surface area contributed by atoms with Crippen molar-refractivity contribution in [3.05, 3.63) is 24.3 Å². The Balaban J connectivity index is 1.95. The molecule has 6 nitrogen and oxygen atoms in total. The van der Waals surface area contributed by atoms with Crippen molar-refractivity contribution >= 4 is 16.7 Å². The molecule has 1 saturated heterocycles. The van der Waals surface area contributed by atoms with Gasteiger partial charge in [0.25, 0.3) is 0 Å². The van der Waals surface area contributed by atoms with Crippen LogP contribution in [0.3, 0.4) is 0 Å².